The van der Waals surface area contributed by atoms with Crippen molar-refractivity contribution in [2.24, 2.45) is 5.92 Å². The molecule has 140 valence electrons. The van der Waals surface area contributed by atoms with Crippen molar-refractivity contribution in [1.29, 1.82) is 0 Å². The minimum atomic E-state index is 0.221. The molecule has 1 heterocycles. The molecule has 0 spiro atoms. The molecular weight excluding hydrogens is 316 g/mol. The van der Waals surface area contributed by atoms with Crippen molar-refractivity contribution >= 4 is 5.91 Å². The Bertz CT molecular complexity index is 590. The van der Waals surface area contributed by atoms with Gasteiger partial charge in [0.25, 0.3) is 0 Å². The minimum Gasteiger partial charge on any atom is -0.493 e. The summed E-state index contributed by atoms with van der Waals surface area (Å²) in [6.07, 6.45) is 1.58. The van der Waals surface area contributed by atoms with E-state index in [1.807, 2.05) is 25.1 Å². The van der Waals surface area contributed by atoms with Crippen LogP contribution in [0.4, 0.5) is 0 Å². The molecule has 5 nitrogen and oxygen atoms in total. The van der Waals surface area contributed by atoms with Crippen LogP contribution >= 0.6 is 0 Å². The molecule has 25 heavy (non-hydrogen) atoms. The third-order valence-electron chi connectivity index (χ3n) is 5.56. The van der Waals surface area contributed by atoms with Gasteiger partial charge in [0.1, 0.15) is 0 Å². The number of quaternary nitrogens is 1. The smallest absolute Gasteiger partial charge is 0.222 e. The maximum Gasteiger partial charge on any atom is 0.222 e. The molecular formula is C20H33N2O3+. The number of hydrogen-bond donors (Lipinski definition) is 1. The summed E-state index contributed by atoms with van der Waals surface area (Å²) in [7, 11) is 5.52. The van der Waals surface area contributed by atoms with Crippen LogP contribution in [-0.4, -0.2) is 50.7 Å². The maximum atomic E-state index is 12.7. The molecule has 0 saturated carbocycles. The lowest BCUT2D eigenvalue weighted by atomic mass is 9.88. The summed E-state index contributed by atoms with van der Waals surface area (Å²) in [5.74, 6) is 2.13. The summed E-state index contributed by atoms with van der Waals surface area (Å²) < 4.78 is 10.7. The molecule has 1 aromatic rings. The lowest BCUT2D eigenvalue weighted by Gasteiger charge is -2.43. The molecule has 1 N–H and O–H groups in total. The third kappa shape index (κ3) is 4.46. The summed E-state index contributed by atoms with van der Waals surface area (Å²) in [6.45, 7) is 8.21. The number of benzene rings is 1. The molecule has 0 radical (unpaired) electrons. The average Bonchev–Trinajstić information content (AvgIpc) is 2.62. The van der Waals surface area contributed by atoms with Crippen molar-refractivity contribution in [3.05, 3.63) is 23.8 Å². The molecule has 1 aromatic carbocycles. The largest absolute Gasteiger partial charge is 0.493 e. The fraction of sp³-hybridized carbons (Fsp3) is 0.650. The highest BCUT2D eigenvalue weighted by molar-refractivity contribution is 5.76. The number of methoxy groups -OCH3 is 2. The van der Waals surface area contributed by atoms with Crippen molar-refractivity contribution in [2.75, 3.05) is 27.8 Å². The van der Waals surface area contributed by atoms with E-state index in [0.29, 0.717) is 42.5 Å². The third-order valence-corrected chi connectivity index (χ3v) is 5.56. The van der Waals surface area contributed by atoms with E-state index in [2.05, 4.69) is 25.8 Å². The molecule has 0 bridgehead atoms. The molecule has 1 aliphatic rings. The summed E-state index contributed by atoms with van der Waals surface area (Å²) in [5, 5.41) is 0. The highest BCUT2D eigenvalue weighted by Crippen LogP contribution is 2.29. The van der Waals surface area contributed by atoms with E-state index in [4.69, 9.17) is 9.47 Å². The van der Waals surface area contributed by atoms with Crippen LogP contribution in [0, 0.1) is 5.92 Å². The van der Waals surface area contributed by atoms with Crippen LogP contribution in [0.15, 0.2) is 18.2 Å². The number of nitrogens with one attached hydrogen (secondary N) is 1. The van der Waals surface area contributed by atoms with Crippen molar-refractivity contribution in [3.63, 3.8) is 0 Å². The summed E-state index contributed by atoms with van der Waals surface area (Å²) >= 11 is 0. The van der Waals surface area contributed by atoms with Crippen molar-refractivity contribution in [3.8, 4) is 11.5 Å². The van der Waals surface area contributed by atoms with Gasteiger partial charge in [-0.3, -0.25) is 4.79 Å². The Labute approximate surface area is 151 Å². The zero-order chi connectivity index (χ0) is 18.6. The van der Waals surface area contributed by atoms with Gasteiger partial charge in [0.2, 0.25) is 5.91 Å². The van der Waals surface area contributed by atoms with Crippen LogP contribution in [0.25, 0.3) is 0 Å². The molecule has 1 aliphatic heterocycles. The van der Waals surface area contributed by atoms with Crippen LogP contribution < -0.4 is 14.4 Å². The minimum absolute atomic E-state index is 0.221. The van der Waals surface area contributed by atoms with Gasteiger partial charge < -0.3 is 19.3 Å². The van der Waals surface area contributed by atoms with Crippen LogP contribution in [0.1, 0.15) is 39.2 Å². The quantitative estimate of drug-likeness (QED) is 0.851. The number of nitrogens with zero attached hydrogens (tertiary/aromatic N) is 1. The first-order valence-electron chi connectivity index (χ1n) is 9.23. The van der Waals surface area contributed by atoms with Gasteiger partial charge in [-0.25, -0.2) is 0 Å². The number of piperidine rings is 1. The number of carbonyl (C=O) groups is 1. The predicted molar refractivity (Wildman–Crippen MR) is 99.2 cm³/mol. The number of hydrogen-bond acceptors (Lipinski definition) is 3. The fourth-order valence-electron chi connectivity index (χ4n) is 3.84. The molecule has 1 amide bonds. The average molecular weight is 349 g/mol. The molecule has 1 unspecified atom stereocenters. The number of rotatable bonds is 6. The lowest BCUT2D eigenvalue weighted by molar-refractivity contribution is -0.913. The van der Waals surface area contributed by atoms with E-state index in [-0.39, 0.29) is 5.91 Å². The number of ether oxygens (including phenoxy) is 2. The van der Waals surface area contributed by atoms with Gasteiger partial charge in [0, 0.05) is 31.3 Å². The molecule has 1 saturated heterocycles. The Kier molecular flexibility index (Phi) is 6.71. The van der Waals surface area contributed by atoms with Gasteiger partial charge in [-0.2, -0.15) is 0 Å². The Morgan fingerprint density at radius 1 is 1.24 bits per heavy atom. The number of likely N-dealkylation sites (tertiary alicyclic amines) is 1. The molecule has 1 fully saturated rings. The zero-order valence-corrected chi connectivity index (χ0v) is 16.5. The van der Waals surface area contributed by atoms with E-state index in [0.717, 1.165) is 18.5 Å². The SMILES string of the molecule is CCC(=O)N(Cc1ccc(OC)c(OC)c1)[C@@H]1C[C@H](C)[NH+](C)C[C@@H]1C. The Morgan fingerprint density at radius 2 is 1.92 bits per heavy atom. The van der Waals surface area contributed by atoms with Crippen LogP contribution in [-0.2, 0) is 11.3 Å². The summed E-state index contributed by atoms with van der Waals surface area (Å²) in [4.78, 5) is 16.3. The van der Waals surface area contributed by atoms with Crippen molar-refractivity contribution in [1.82, 2.24) is 4.90 Å². The maximum absolute atomic E-state index is 12.7. The summed E-state index contributed by atoms with van der Waals surface area (Å²) in [6, 6.07) is 6.76. The first kappa shape index (κ1) is 19.6. The standard InChI is InChI=1S/C20H32N2O3/c1-7-20(23)22(17-10-15(3)21(4)12-14(17)2)13-16-8-9-18(24-5)19(11-16)25-6/h8-9,11,14-15,17H,7,10,12-13H2,1-6H3/p+1/t14-,15-,17+/m0/s1. The fourth-order valence-corrected chi connectivity index (χ4v) is 3.84. The molecule has 4 atom stereocenters. The topological polar surface area (TPSA) is 43.2 Å². The van der Waals surface area contributed by atoms with E-state index >= 15 is 0 Å². The Morgan fingerprint density at radius 3 is 2.52 bits per heavy atom. The van der Waals surface area contributed by atoms with E-state index in [9.17, 15) is 4.79 Å². The van der Waals surface area contributed by atoms with Crippen LogP contribution in [0.5, 0.6) is 11.5 Å². The lowest BCUT2D eigenvalue weighted by Crippen LogP contribution is -3.15. The Hall–Kier alpha value is -1.75. The van der Waals surface area contributed by atoms with Gasteiger partial charge in [-0.05, 0) is 24.6 Å². The molecule has 2 rings (SSSR count). The predicted octanol–water partition coefficient (Wildman–Crippen LogP) is 1.75. The van der Waals surface area contributed by atoms with Gasteiger partial charge in [-0.15, -0.1) is 0 Å². The van der Waals surface area contributed by atoms with Gasteiger partial charge in [-0.1, -0.05) is 19.9 Å². The number of carbonyl (C=O) groups excluding carboxylic acids is 1. The van der Waals surface area contributed by atoms with Gasteiger partial charge in [0.05, 0.1) is 33.9 Å². The normalized spacial score (nSPS) is 26.2. The molecule has 0 aliphatic carbocycles. The highest BCUT2D eigenvalue weighted by Gasteiger charge is 2.37. The van der Waals surface area contributed by atoms with Crippen molar-refractivity contribution in [2.45, 2.75) is 52.2 Å². The molecule has 0 aromatic heterocycles. The molecule has 5 heteroatoms. The Balaban J connectivity index is 2.25. The zero-order valence-electron chi connectivity index (χ0n) is 16.5. The van der Waals surface area contributed by atoms with E-state index in [1.165, 1.54) is 0 Å². The van der Waals surface area contributed by atoms with E-state index in [1.54, 1.807) is 19.1 Å². The highest BCUT2D eigenvalue weighted by atomic mass is 16.5. The van der Waals surface area contributed by atoms with Gasteiger partial charge >= 0.3 is 0 Å². The van der Waals surface area contributed by atoms with Crippen LogP contribution in [0.3, 0.4) is 0 Å². The summed E-state index contributed by atoms with van der Waals surface area (Å²) in [5.41, 5.74) is 1.07. The van der Waals surface area contributed by atoms with Gasteiger partial charge in [0.15, 0.2) is 11.5 Å². The van der Waals surface area contributed by atoms with Crippen molar-refractivity contribution < 1.29 is 19.2 Å². The second-order valence-corrected chi connectivity index (χ2v) is 7.30. The first-order valence-corrected chi connectivity index (χ1v) is 9.23. The second-order valence-electron chi connectivity index (χ2n) is 7.30. The van der Waals surface area contributed by atoms with Crippen LogP contribution in [0.2, 0.25) is 0 Å². The second kappa shape index (κ2) is 8.56. The first-order chi connectivity index (χ1) is 11.9. The monoisotopic (exact) mass is 349 g/mol. The van der Waals surface area contributed by atoms with E-state index < -0.39 is 0 Å². The number of amides is 1.